The molecule has 5 nitrogen and oxygen atoms in total. The van der Waals surface area contributed by atoms with E-state index in [1.54, 1.807) is 11.8 Å². The predicted octanol–water partition coefficient (Wildman–Crippen LogP) is -0.148. The van der Waals surface area contributed by atoms with E-state index in [-0.39, 0.29) is 23.9 Å². The molecule has 1 aliphatic heterocycles. The van der Waals surface area contributed by atoms with Crippen LogP contribution in [0.1, 0.15) is 25.7 Å². The molecule has 1 rings (SSSR count). The van der Waals surface area contributed by atoms with Crippen molar-refractivity contribution in [2.45, 2.75) is 37.8 Å². The van der Waals surface area contributed by atoms with Crippen LogP contribution in [-0.4, -0.2) is 42.5 Å². The normalized spacial score (nSPS) is 24.4. The lowest BCUT2D eigenvalue weighted by Crippen LogP contribution is -2.61. The van der Waals surface area contributed by atoms with Crippen molar-refractivity contribution in [3.8, 4) is 0 Å². The van der Waals surface area contributed by atoms with Crippen molar-refractivity contribution >= 4 is 23.6 Å². The Morgan fingerprint density at radius 2 is 1.71 bits per heavy atom. The first kappa shape index (κ1) is 14.3. The number of carbonyl (C=O) groups is 2. The van der Waals surface area contributed by atoms with Gasteiger partial charge in [-0.1, -0.05) is 0 Å². The number of piperazine rings is 1. The van der Waals surface area contributed by atoms with Crippen LogP contribution >= 0.6 is 11.8 Å². The van der Waals surface area contributed by atoms with E-state index < -0.39 is 0 Å². The molecule has 2 amide bonds. The minimum Gasteiger partial charge on any atom is -0.343 e. The molecule has 0 aliphatic carbocycles. The van der Waals surface area contributed by atoms with Gasteiger partial charge in [0.15, 0.2) is 0 Å². The van der Waals surface area contributed by atoms with Crippen molar-refractivity contribution in [2.24, 2.45) is 5.73 Å². The average Bonchev–Trinajstić information content (AvgIpc) is 2.31. The molecular weight excluding hydrogens is 238 g/mol. The van der Waals surface area contributed by atoms with Crippen LogP contribution in [0.25, 0.3) is 0 Å². The second-order valence-electron chi connectivity index (χ2n) is 4.19. The lowest BCUT2D eigenvalue weighted by molar-refractivity contribution is -0.137. The Labute approximate surface area is 106 Å². The molecule has 6 heteroatoms. The van der Waals surface area contributed by atoms with Gasteiger partial charge in [0.05, 0.1) is 0 Å². The topological polar surface area (TPSA) is 84.2 Å². The van der Waals surface area contributed by atoms with E-state index in [0.717, 1.165) is 18.6 Å². The van der Waals surface area contributed by atoms with Gasteiger partial charge in [-0.05, 0) is 44.2 Å². The molecule has 1 aliphatic rings. The van der Waals surface area contributed by atoms with Crippen molar-refractivity contribution < 1.29 is 9.59 Å². The highest BCUT2D eigenvalue weighted by Gasteiger charge is 2.32. The maximum atomic E-state index is 11.7. The summed E-state index contributed by atoms with van der Waals surface area (Å²) in [4.78, 5) is 23.5. The second-order valence-corrected chi connectivity index (χ2v) is 5.17. The van der Waals surface area contributed by atoms with Crippen LogP contribution in [0.5, 0.6) is 0 Å². The van der Waals surface area contributed by atoms with Crippen LogP contribution in [-0.2, 0) is 9.59 Å². The number of hydrogen-bond donors (Lipinski definition) is 3. The van der Waals surface area contributed by atoms with Gasteiger partial charge in [0.2, 0.25) is 11.8 Å². The molecule has 1 heterocycles. The highest BCUT2D eigenvalue weighted by atomic mass is 32.2. The van der Waals surface area contributed by atoms with Gasteiger partial charge in [-0.3, -0.25) is 9.59 Å². The van der Waals surface area contributed by atoms with E-state index >= 15 is 0 Å². The molecule has 0 aromatic rings. The Balaban J connectivity index is 2.38. The van der Waals surface area contributed by atoms with Crippen molar-refractivity contribution in [2.75, 3.05) is 18.6 Å². The van der Waals surface area contributed by atoms with E-state index in [9.17, 15) is 9.59 Å². The van der Waals surface area contributed by atoms with E-state index in [2.05, 4.69) is 10.6 Å². The third kappa shape index (κ3) is 4.55. The number of amides is 2. The zero-order valence-corrected chi connectivity index (χ0v) is 11.0. The van der Waals surface area contributed by atoms with Gasteiger partial charge in [0.25, 0.3) is 0 Å². The molecule has 0 unspecified atom stereocenters. The summed E-state index contributed by atoms with van der Waals surface area (Å²) in [6.45, 7) is 0.624. The summed E-state index contributed by atoms with van der Waals surface area (Å²) in [7, 11) is 0. The quantitative estimate of drug-likeness (QED) is 0.555. The standard InChI is InChI=1S/C11H21N3O2S/c1-17-7-5-9-11(16)13-8(10(15)14-9)4-2-3-6-12/h8-9H,2-7,12H2,1H3,(H,13,16)(H,14,15)/t8-,9-/m0/s1. The Kier molecular flexibility index (Phi) is 6.36. The first-order chi connectivity index (χ1) is 8.19. The zero-order valence-electron chi connectivity index (χ0n) is 10.2. The van der Waals surface area contributed by atoms with Crippen molar-refractivity contribution in [1.29, 1.82) is 0 Å². The molecule has 0 saturated carbocycles. The molecule has 0 radical (unpaired) electrons. The Hall–Kier alpha value is -0.750. The fourth-order valence-corrected chi connectivity index (χ4v) is 2.28. The van der Waals surface area contributed by atoms with Crippen LogP contribution in [0.4, 0.5) is 0 Å². The fraction of sp³-hybridized carbons (Fsp3) is 0.818. The number of nitrogens with one attached hydrogen (secondary N) is 2. The summed E-state index contributed by atoms with van der Waals surface area (Å²) >= 11 is 1.67. The SMILES string of the molecule is CSCC[C@@H]1NC(=O)[C@H](CCCCN)NC1=O. The second kappa shape index (κ2) is 7.55. The smallest absolute Gasteiger partial charge is 0.243 e. The van der Waals surface area contributed by atoms with Gasteiger partial charge in [-0.25, -0.2) is 0 Å². The van der Waals surface area contributed by atoms with E-state index in [1.165, 1.54) is 0 Å². The summed E-state index contributed by atoms with van der Waals surface area (Å²) in [5.41, 5.74) is 5.39. The molecule has 2 atom stereocenters. The van der Waals surface area contributed by atoms with Gasteiger partial charge in [-0.15, -0.1) is 0 Å². The maximum Gasteiger partial charge on any atom is 0.243 e. The third-order valence-corrected chi connectivity index (χ3v) is 3.47. The van der Waals surface area contributed by atoms with Crippen molar-refractivity contribution in [3.63, 3.8) is 0 Å². The fourth-order valence-electron chi connectivity index (χ4n) is 1.81. The number of thioether (sulfide) groups is 1. The monoisotopic (exact) mass is 259 g/mol. The van der Waals surface area contributed by atoms with E-state index in [1.807, 2.05) is 6.26 Å². The highest BCUT2D eigenvalue weighted by molar-refractivity contribution is 7.98. The van der Waals surface area contributed by atoms with Crippen molar-refractivity contribution in [3.05, 3.63) is 0 Å². The maximum absolute atomic E-state index is 11.7. The lowest BCUT2D eigenvalue weighted by Gasteiger charge is -2.29. The molecule has 17 heavy (non-hydrogen) atoms. The zero-order chi connectivity index (χ0) is 12.7. The molecule has 4 N–H and O–H groups in total. The molecule has 1 saturated heterocycles. The highest BCUT2D eigenvalue weighted by Crippen LogP contribution is 2.09. The van der Waals surface area contributed by atoms with Gasteiger partial charge < -0.3 is 16.4 Å². The van der Waals surface area contributed by atoms with Gasteiger partial charge in [0, 0.05) is 0 Å². The van der Waals surface area contributed by atoms with Crippen LogP contribution in [0, 0.1) is 0 Å². The molecule has 0 bridgehead atoms. The van der Waals surface area contributed by atoms with Gasteiger partial charge >= 0.3 is 0 Å². The van der Waals surface area contributed by atoms with Crippen LogP contribution in [0.3, 0.4) is 0 Å². The minimum atomic E-state index is -0.375. The van der Waals surface area contributed by atoms with Gasteiger partial charge in [-0.2, -0.15) is 11.8 Å². The number of rotatable bonds is 7. The first-order valence-electron chi connectivity index (χ1n) is 5.98. The largest absolute Gasteiger partial charge is 0.343 e. The summed E-state index contributed by atoms with van der Waals surface area (Å²) in [5, 5.41) is 5.57. The minimum absolute atomic E-state index is 0.0589. The number of hydrogen-bond acceptors (Lipinski definition) is 4. The first-order valence-corrected chi connectivity index (χ1v) is 7.38. The number of carbonyl (C=O) groups excluding carboxylic acids is 2. The molecule has 0 aromatic carbocycles. The average molecular weight is 259 g/mol. The van der Waals surface area contributed by atoms with Crippen LogP contribution < -0.4 is 16.4 Å². The molecule has 98 valence electrons. The van der Waals surface area contributed by atoms with E-state index in [0.29, 0.717) is 19.4 Å². The molecular formula is C11H21N3O2S. The molecule has 1 fully saturated rings. The number of nitrogens with two attached hydrogens (primary N) is 1. The lowest BCUT2D eigenvalue weighted by atomic mass is 10.0. The number of unbranched alkanes of at least 4 members (excludes halogenated alkanes) is 1. The van der Waals surface area contributed by atoms with E-state index in [4.69, 9.17) is 5.73 Å². The molecule has 0 spiro atoms. The molecule has 0 aromatic heterocycles. The van der Waals surface area contributed by atoms with Crippen LogP contribution in [0.2, 0.25) is 0 Å². The third-order valence-electron chi connectivity index (χ3n) is 2.82. The predicted molar refractivity (Wildman–Crippen MR) is 69.8 cm³/mol. The van der Waals surface area contributed by atoms with Gasteiger partial charge in [0.1, 0.15) is 12.1 Å². The summed E-state index contributed by atoms with van der Waals surface area (Å²) in [6, 6.07) is -0.736. The Morgan fingerprint density at radius 3 is 2.24 bits per heavy atom. The summed E-state index contributed by atoms with van der Waals surface area (Å²) < 4.78 is 0. The Bertz CT molecular complexity index is 273. The summed E-state index contributed by atoms with van der Waals surface area (Å²) in [6.07, 6.45) is 5.09. The van der Waals surface area contributed by atoms with Crippen molar-refractivity contribution in [1.82, 2.24) is 10.6 Å². The Morgan fingerprint density at radius 1 is 1.12 bits per heavy atom. The van der Waals surface area contributed by atoms with Crippen LogP contribution in [0.15, 0.2) is 0 Å². The summed E-state index contributed by atoms with van der Waals surface area (Å²) in [5.74, 6) is 0.750.